The molecule has 0 aliphatic carbocycles. The molecular formula is C15H24BrNO2. The molecule has 19 heavy (non-hydrogen) atoms. The van der Waals surface area contributed by atoms with Gasteiger partial charge in [0.15, 0.2) is 0 Å². The number of aliphatic hydroxyl groups is 1. The minimum atomic E-state index is -0.316. The molecule has 0 aliphatic rings. The summed E-state index contributed by atoms with van der Waals surface area (Å²) in [5.41, 5.74) is 1.09. The van der Waals surface area contributed by atoms with E-state index < -0.39 is 0 Å². The summed E-state index contributed by atoms with van der Waals surface area (Å²) in [5, 5.41) is 10.1. The first-order chi connectivity index (χ1) is 9.10. The van der Waals surface area contributed by atoms with Crippen LogP contribution < -0.4 is 4.74 Å². The van der Waals surface area contributed by atoms with Gasteiger partial charge in [0.2, 0.25) is 0 Å². The highest BCUT2D eigenvalue weighted by Crippen LogP contribution is 2.24. The summed E-state index contributed by atoms with van der Waals surface area (Å²) in [7, 11) is 1.66. The average Bonchev–Trinajstić information content (AvgIpc) is 2.42. The van der Waals surface area contributed by atoms with Crippen LogP contribution in [-0.2, 0) is 6.42 Å². The van der Waals surface area contributed by atoms with Gasteiger partial charge in [0.25, 0.3) is 0 Å². The Morgan fingerprint density at radius 2 is 2.00 bits per heavy atom. The van der Waals surface area contributed by atoms with Gasteiger partial charge in [0.1, 0.15) is 5.75 Å². The molecule has 0 aromatic heterocycles. The molecule has 108 valence electrons. The van der Waals surface area contributed by atoms with Crippen LogP contribution in [0.3, 0.4) is 0 Å². The number of ether oxygens (including phenoxy) is 1. The molecule has 1 N–H and O–H groups in total. The first-order valence-electron chi connectivity index (χ1n) is 6.83. The summed E-state index contributed by atoms with van der Waals surface area (Å²) < 4.78 is 6.24. The van der Waals surface area contributed by atoms with Crippen LogP contribution in [0.2, 0.25) is 0 Å². The highest BCUT2D eigenvalue weighted by atomic mass is 79.9. The summed E-state index contributed by atoms with van der Waals surface area (Å²) in [5.74, 6) is 0.828. The normalized spacial score (nSPS) is 12.7. The highest BCUT2D eigenvalue weighted by molar-refractivity contribution is 9.10. The van der Waals surface area contributed by atoms with Crippen molar-refractivity contribution in [3.63, 3.8) is 0 Å². The van der Waals surface area contributed by atoms with E-state index in [0.29, 0.717) is 6.42 Å². The molecule has 1 aromatic rings. The number of hydrogen-bond acceptors (Lipinski definition) is 3. The Kier molecular flexibility index (Phi) is 7.42. The van der Waals surface area contributed by atoms with Crippen molar-refractivity contribution in [2.45, 2.75) is 32.8 Å². The fraction of sp³-hybridized carbons (Fsp3) is 0.600. The van der Waals surface area contributed by atoms with Gasteiger partial charge < -0.3 is 14.7 Å². The fourth-order valence-corrected chi connectivity index (χ4v) is 2.47. The van der Waals surface area contributed by atoms with E-state index in [-0.39, 0.29) is 6.10 Å². The molecule has 1 aromatic carbocycles. The van der Waals surface area contributed by atoms with Crippen LogP contribution in [0.4, 0.5) is 0 Å². The van der Waals surface area contributed by atoms with Gasteiger partial charge in [0, 0.05) is 11.0 Å². The zero-order valence-electron chi connectivity index (χ0n) is 12.0. The molecule has 1 rings (SSSR count). The van der Waals surface area contributed by atoms with Gasteiger partial charge >= 0.3 is 0 Å². The van der Waals surface area contributed by atoms with E-state index in [9.17, 15) is 5.11 Å². The monoisotopic (exact) mass is 329 g/mol. The van der Waals surface area contributed by atoms with E-state index in [1.165, 1.54) is 0 Å². The molecule has 0 amide bonds. The van der Waals surface area contributed by atoms with Crippen molar-refractivity contribution < 1.29 is 9.84 Å². The van der Waals surface area contributed by atoms with Crippen molar-refractivity contribution in [1.82, 2.24) is 4.90 Å². The van der Waals surface area contributed by atoms with Crippen LogP contribution in [-0.4, -0.2) is 42.9 Å². The first-order valence-corrected chi connectivity index (χ1v) is 7.62. The molecule has 0 saturated carbocycles. The zero-order valence-corrected chi connectivity index (χ0v) is 13.6. The lowest BCUT2D eigenvalue weighted by Crippen LogP contribution is -2.27. The molecule has 0 fully saturated rings. The quantitative estimate of drug-likeness (QED) is 0.795. The van der Waals surface area contributed by atoms with Gasteiger partial charge in [0.05, 0.1) is 13.2 Å². The first kappa shape index (κ1) is 16.5. The van der Waals surface area contributed by atoms with Crippen LogP contribution >= 0.6 is 15.9 Å². The zero-order chi connectivity index (χ0) is 14.3. The summed E-state index contributed by atoms with van der Waals surface area (Å²) in [6.45, 7) is 7.30. The molecular weight excluding hydrogens is 306 g/mol. The van der Waals surface area contributed by atoms with Gasteiger partial charge in [-0.2, -0.15) is 0 Å². The third-order valence-corrected chi connectivity index (χ3v) is 4.16. The molecule has 4 heteroatoms. The number of rotatable bonds is 8. The number of hydrogen-bond donors (Lipinski definition) is 1. The van der Waals surface area contributed by atoms with Crippen LogP contribution in [0.5, 0.6) is 5.75 Å². The summed E-state index contributed by atoms with van der Waals surface area (Å²) in [6.07, 6.45) is 1.13. The van der Waals surface area contributed by atoms with Gasteiger partial charge in [-0.15, -0.1) is 0 Å². The van der Waals surface area contributed by atoms with Gasteiger partial charge in [-0.25, -0.2) is 0 Å². The Morgan fingerprint density at radius 3 is 2.58 bits per heavy atom. The summed E-state index contributed by atoms with van der Waals surface area (Å²) >= 11 is 3.52. The van der Waals surface area contributed by atoms with Crippen molar-refractivity contribution in [2.24, 2.45) is 0 Å². The van der Waals surface area contributed by atoms with E-state index in [1.807, 2.05) is 18.2 Å². The number of aliphatic hydroxyl groups excluding tert-OH is 1. The molecule has 0 heterocycles. The fourth-order valence-electron chi connectivity index (χ4n) is 2.06. The Labute approximate surface area is 124 Å². The van der Waals surface area contributed by atoms with E-state index in [4.69, 9.17) is 4.74 Å². The molecule has 1 atom stereocenters. The Morgan fingerprint density at radius 1 is 1.32 bits per heavy atom. The lowest BCUT2D eigenvalue weighted by molar-refractivity contribution is 0.143. The Hall–Kier alpha value is -0.580. The Balaban J connectivity index is 2.54. The smallest absolute Gasteiger partial charge is 0.119 e. The van der Waals surface area contributed by atoms with Crippen LogP contribution in [0, 0.1) is 0 Å². The molecule has 3 nitrogen and oxygen atoms in total. The molecule has 0 spiro atoms. The van der Waals surface area contributed by atoms with Crippen molar-refractivity contribution in [3.05, 3.63) is 28.2 Å². The van der Waals surface area contributed by atoms with Crippen LogP contribution in [0.15, 0.2) is 22.7 Å². The van der Waals surface area contributed by atoms with Crippen molar-refractivity contribution in [1.29, 1.82) is 0 Å². The molecule has 1 unspecified atom stereocenters. The number of methoxy groups -OCH3 is 1. The molecule has 0 aliphatic heterocycles. The lowest BCUT2D eigenvalue weighted by Gasteiger charge is -2.20. The minimum Gasteiger partial charge on any atom is -0.497 e. The maximum absolute atomic E-state index is 10.1. The number of benzene rings is 1. The highest BCUT2D eigenvalue weighted by Gasteiger charge is 2.11. The summed E-state index contributed by atoms with van der Waals surface area (Å²) in [4.78, 5) is 2.32. The lowest BCUT2D eigenvalue weighted by atomic mass is 10.1. The van der Waals surface area contributed by atoms with E-state index in [0.717, 1.165) is 41.8 Å². The predicted molar refractivity (Wildman–Crippen MR) is 82.8 cm³/mol. The van der Waals surface area contributed by atoms with E-state index >= 15 is 0 Å². The standard InChI is InChI=1S/C15H24BrNO2/c1-4-17(5-2)9-8-13(18)10-12-11-14(19-3)6-7-15(12)16/h6-7,11,13,18H,4-5,8-10H2,1-3H3. The number of nitrogens with zero attached hydrogens (tertiary/aromatic N) is 1. The minimum absolute atomic E-state index is 0.316. The molecule has 0 bridgehead atoms. The van der Waals surface area contributed by atoms with Gasteiger partial charge in [-0.05, 0) is 49.7 Å². The topological polar surface area (TPSA) is 32.7 Å². The van der Waals surface area contributed by atoms with Crippen LogP contribution in [0.1, 0.15) is 25.8 Å². The van der Waals surface area contributed by atoms with Gasteiger partial charge in [-0.3, -0.25) is 0 Å². The number of halogens is 1. The average molecular weight is 330 g/mol. The van der Waals surface area contributed by atoms with Crippen molar-refractivity contribution >= 4 is 15.9 Å². The maximum atomic E-state index is 10.1. The predicted octanol–water partition coefficient (Wildman–Crippen LogP) is 3.09. The van der Waals surface area contributed by atoms with E-state index in [1.54, 1.807) is 7.11 Å². The van der Waals surface area contributed by atoms with Crippen molar-refractivity contribution in [3.8, 4) is 5.75 Å². The van der Waals surface area contributed by atoms with Crippen molar-refractivity contribution in [2.75, 3.05) is 26.7 Å². The van der Waals surface area contributed by atoms with Crippen LogP contribution in [0.25, 0.3) is 0 Å². The Bertz CT molecular complexity index is 380. The second-order valence-electron chi connectivity index (χ2n) is 4.63. The third-order valence-electron chi connectivity index (χ3n) is 3.38. The SMILES string of the molecule is CCN(CC)CCC(O)Cc1cc(OC)ccc1Br. The second kappa shape index (κ2) is 8.56. The third kappa shape index (κ3) is 5.51. The largest absolute Gasteiger partial charge is 0.497 e. The molecule has 0 saturated heterocycles. The second-order valence-corrected chi connectivity index (χ2v) is 5.49. The van der Waals surface area contributed by atoms with E-state index in [2.05, 4.69) is 34.7 Å². The molecule has 0 radical (unpaired) electrons. The maximum Gasteiger partial charge on any atom is 0.119 e. The summed E-state index contributed by atoms with van der Waals surface area (Å²) in [6, 6.07) is 5.85. The van der Waals surface area contributed by atoms with Gasteiger partial charge in [-0.1, -0.05) is 29.8 Å².